The van der Waals surface area contributed by atoms with E-state index in [2.05, 4.69) is 20.8 Å². The van der Waals surface area contributed by atoms with Crippen molar-refractivity contribution in [2.24, 2.45) is 11.3 Å². The maximum Gasteiger partial charge on any atom is 0.152 e. The second-order valence-electron chi connectivity index (χ2n) is 5.27. The van der Waals surface area contributed by atoms with Gasteiger partial charge in [-0.1, -0.05) is 26.3 Å². The molecule has 0 heterocycles. The molecule has 0 saturated heterocycles. The van der Waals surface area contributed by atoms with E-state index in [1.54, 1.807) is 6.92 Å². The summed E-state index contributed by atoms with van der Waals surface area (Å²) in [5, 5.41) is 0. The van der Waals surface area contributed by atoms with Gasteiger partial charge in [0.15, 0.2) is 5.78 Å². The average Bonchev–Trinajstić information content (AvgIpc) is 1.78. The molecular formula is C12H20O. The van der Waals surface area contributed by atoms with Crippen molar-refractivity contribution in [3.8, 4) is 0 Å². The summed E-state index contributed by atoms with van der Waals surface area (Å²) in [7, 11) is 0. The van der Waals surface area contributed by atoms with Crippen LogP contribution in [0.15, 0.2) is 11.6 Å². The summed E-state index contributed by atoms with van der Waals surface area (Å²) in [6, 6.07) is 0. The summed E-state index contributed by atoms with van der Waals surface area (Å²) in [6.07, 6.45) is 5.32. The molecule has 1 saturated carbocycles. The van der Waals surface area contributed by atoms with Gasteiger partial charge in [-0.25, -0.2) is 0 Å². The van der Waals surface area contributed by atoms with Crippen LogP contribution in [-0.4, -0.2) is 5.78 Å². The molecule has 0 amide bonds. The Morgan fingerprint density at radius 1 is 1.54 bits per heavy atom. The topological polar surface area (TPSA) is 17.1 Å². The fourth-order valence-electron chi connectivity index (χ4n) is 2.62. The summed E-state index contributed by atoms with van der Waals surface area (Å²) in [5.74, 6) is 0.925. The molecule has 0 bridgehead atoms. The zero-order valence-electron chi connectivity index (χ0n) is 9.18. The summed E-state index contributed by atoms with van der Waals surface area (Å²) < 4.78 is 0. The first-order valence-corrected chi connectivity index (χ1v) is 5.09. The van der Waals surface area contributed by atoms with E-state index in [9.17, 15) is 4.79 Å². The van der Waals surface area contributed by atoms with Gasteiger partial charge in [0.05, 0.1) is 0 Å². The third kappa shape index (κ3) is 3.33. The predicted molar refractivity (Wildman–Crippen MR) is 55.6 cm³/mol. The van der Waals surface area contributed by atoms with E-state index in [0.717, 1.165) is 18.8 Å². The normalized spacial score (nSPS) is 30.5. The van der Waals surface area contributed by atoms with Gasteiger partial charge in [-0.05, 0) is 43.6 Å². The van der Waals surface area contributed by atoms with E-state index in [1.807, 2.05) is 6.08 Å². The fraction of sp³-hybridized carbons (Fsp3) is 0.750. The van der Waals surface area contributed by atoms with Gasteiger partial charge in [-0.3, -0.25) is 4.79 Å². The molecule has 0 spiro atoms. The minimum Gasteiger partial charge on any atom is -0.295 e. The third-order valence-corrected chi connectivity index (χ3v) is 2.62. The van der Waals surface area contributed by atoms with Crippen LogP contribution >= 0.6 is 0 Å². The Balaban J connectivity index is 2.74. The minimum absolute atomic E-state index is 0.194. The van der Waals surface area contributed by atoms with E-state index in [0.29, 0.717) is 5.41 Å². The molecule has 1 aliphatic carbocycles. The molecule has 74 valence electrons. The van der Waals surface area contributed by atoms with E-state index in [4.69, 9.17) is 0 Å². The van der Waals surface area contributed by atoms with Crippen molar-refractivity contribution in [3.05, 3.63) is 11.6 Å². The van der Waals surface area contributed by atoms with Crippen LogP contribution in [0.4, 0.5) is 0 Å². The fourth-order valence-corrected chi connectivity index (χ4v) is 2.62. The summed E-state index contributed by atoms with van der Waals surface area (Å²) in [5.41, 5.74) is 1.73. The first-order chi connectivity index (χ1) is 5.89. The molecule has 1 nitrogen and oxygen atoms in total. The quantitative estimate of drug-likeness (QED) is 0.565. The SMILES string of the molecule is CC(=O)C=C1CC(C)CC(C)(C)C1. The zero-order valence-corrected chi connectivity index (χ0v) is 9.18. The van der Waals surface area contributed by atoms with Crippen molar-refractivity contribution < 1.29 is 4.79 Å². The van der Waals surface area contributed by atoms with Crippen molar-refractivity contribution in [1.29, 1.82) is 0 Å². The molecule has 1 heteroatoms. The molecule has 0 N–H and O–H groups in total. The van der Waals surface area contributed by atoms with Crippen LogP contribution in [0.5, 0.6) is 0 Å². The first kappa shape index (κ1) is 10.5. The van der Waals surface area contributed by atoms with Gasteiger partial charge in [0.1, 0.15) is 0 Å². The number of allylic oxidation sites excluding steroid dienone is 2. The van der Waals surface area contributed by atoms with Gasteiger partial charge in [-0.15, -0.1) is 0 Å². The predicted octanol–water partition coefficient (Wildman–Crippen LogP) is 3.35. The highest BCUT2D eigenvalue weighted by atomic mass is 16.1. The van der Waals surface area contributed by atoms with Crippen molar-refractivity contribution in [2.75, 3.05) is 0 Å². The van der Waals surface area contributed by atoms with Crippen LogP contribution in [0.3, 0.4) is 0 Å². The van der Waals surface area contributed by atoms with Crippen LogP contribution in [-0.2, 0) is 4.79 Å². The summed E-state index contributed by atoms with van der Waals surface area (Å²) >= 11 is 0. The first-order valence-electron chi connectivity index (χ1n) is 5.09. The molecule has 1 unspecified atom stereocenters. The van der Waals surface area contributed by atoms with Gasteiger partial charge < -0.3 is 0 Å². The highest BCUT2D eigenvalue weighted by Crippen LogP contribution is 2.41. The molecular weight excluding hydrogens is 160 g/mol. The number of hydrogen-bond acceptors (Lipinski definition) is 1. The highest BCUT2D eigenvalue weighted by Gasteiger charge is 2.28. The second kappa shape index (κ2) is 3.65. The monoisotopic (exact) mass is 180 g/mol. The Bertz CT molecular complexity index is 236. The highest BCUT2D eigenvalue weighted by molar-refractivity contribution is 5.87. The van der Waals surface area contributed by atoms with Crippen molar-refractivity contribution in [3.63, 3.8) is 0 Å². The van der Waals surface area contributed by atoms with Gasteiger partial charge in [0.2, 0.25) is 0 Å². The van der Waals surface area contributed by atoms with E-state index in [1.165, 1.54) is 12.0 Å². The lowest BCUT2D eigenvalue weighted by molar-refractivity contribution is -0.112. The van der Waals surface area contributed by atoms with Crippen molar-refractivity contribution in [1.82, 2.24) is 0 Å². The zero-order chi connectivity index (χ0) is 10.1. The lowest BCUT2D eigenvalue weighted by Crippen LogP contribution is -2.22. The van der Waals surface area contributed by atoms with Gasteiger partial charge in [0, 0.05) is 0 Å². The van der Waals surface area contributed by atoms with Crippen LogP contribution < -0.4 is 0 Å². The van der Waals surface area contributed by atoms with Crippen LogP contribution in [0.25, 0.3) is 0 Å². The molecule has 0 aromatic heterocycles. The lowest BCUT2D eigenvalue weighted by Gasteiger charge is -2.35. The van der Waals surface area contributed by atoms with E-state index in [-0.39, 0.29) is 5.78 Å². The Morgan fingerprint density at radius 2 is 2.15 bits per heavy atom. The average molecular weight is 180 g/mol. The third-order valence-electron chi connectivity index (χ3n) is 2.62. The van der Waals surface area contributed by atoms with Crippen molar-refractivity contribution in [2.45, 2.75) is 47.0 Å². The molecule has 1 aliphatic rings. The Kier molecular flexibility index (Phi) is 2.94. The Morgan fingerprint density at radius 3 is 2.62 bits per heavy atom. The van der Waals surface area contributed by atoms with Crippen LogP contribution in [0.1, 0.15) is 47.0 Å². The number of carbonyl (C=O) groups is 1. The van der Waals surface area contributed by atoms with E-state index < -0.39 is 0 Å². The molecule has 0 aromatic rings. The maximum absolute atomic E-state index is 11.0. The standard InChI is InChI=1S/C12H20O/c1-9-5-11(6-10(2)13)8-12(3,4)7-9/h6,9H,5,7-8H2,1-4H3. The largest absolute Gasteiger partial charge is 0.295 e. The van der Waals surface area contributed by atoms with Gasteiger partial charge in [-0.2, -0.15) is 0 Å². The lowest BCUT2D eigenvalue weighted by atomic mass is 9.70. The molecule has 0 radical (unpaired) electrons. The minimum atomic E-state index is 0.194. The van der Waals surface area contributed by atoms with Gasteiger partial charge in [0.25, 0.3) is 0 Å². The van der Waals surface area contributed by atoms with Crippen LogP contribution in [0.2, 0.25) is 0 Å². The van der Waals surface area contributed by atoms with Crippen molar-refractivity contribution >= 4 is 5.78 Å². The number of ketones is 1. The Labute approximate surface area is 81.2 Å². The molecule has 1 atom stereocenters. The number of hydrogen-bond donors (Lipinski definition) is 0. The molecule has 1 fully saturated rings. The Hall–Kier alpha value is -0.590. The molecule has 0 aliphatic heterocycles. The number of rotatable bonds is 1. The summed E-state index contributed by atoms with van der Waals surface area (Å²) in [4.78, 5) is 11.0. The van der Waals surface area contributed by atoms with Gasteiger partial charge >= 0.3 is 0 Å². The smallest absolute Gasteiger partial charge is 0.152 e. The van der Waals surface area contributed by atoms with E-state index >= 15 is 0 Å². The molecule has 0 aromatic carbocycles. The van der Waals surface area contributed by atoms with Crippen LogP contribution in [0, 0.1) is 11.3 Å². The number of carbonyl (C=O) groups excluding carboxylic acids is 1. The summed E-state index contributed by atoms with van der Waals surface area (Å²) in [6.45, 7) is 8.49. The molecule has 13 heavy (non-hydrogen) atoms. The maximum atomic E-state index is 11.0. The second-order valence-corrected chi connectivity index (χ2v) is 5.27. The molecule has 1 rings (SSSR count).